The van der Waals surface area contributed by atoms with Gasteiger partial charge in [0, 0.05) is 5.41 Å². The molecular weight excluding hydrogens is 228 g/mol. The molecule has 0 aliphatic heterocycles. The standard InChI is InChI=1S/C15H26O3/c1-13(2)7-11(18)15-5-4-10(17)14(3,8-15)6-9(16)12(13)15/h9-12,16-18H,4-8H2,1-3H3/t9-,10-,11-,12-,14+,15+/m0/s1. The number of fused-ring (bicyclic) bond motifs is 1. The summed E-state index contributed by atoms with van der Waals surface area (Å²) in [5.74, 6) is 0.181. The molecule has 1 spiro atoms. The zero-order valence-electron chi connectivity index (χ0n) is 11.7. The van der Waals surface area contributed by atoms with Crippen LogP contribution < -0.4 is 0 Å². The summed E-state index contributed by atoms with van der Waals surface area (Å²) in [6.45, 7) is 6.43. The second-order valence-corrected chi connectivity index (χ2v) is 8.08. The van der Waals surface area contributed by atoms with Crippen LogP contribution in [0.25, 0.3) is 0 Å². The predicted octanol–water partition coefficient (Wildman–Crippen LogP) is 1.70. The van der Waals surface area contributed by atoms with Gasteiger partial charge in [-0.05, 0) is 48.9 Å². The Labute approximate surface area is 109 Å². The molecule has 3 heteroatoms. The summed E-state index contributed by atoms with van der Waals surface area (Å²) >= 11 is 0. The van der Waals surface area contributed by atoms with Gasteiger partial charge in [0.1, 0.15) is 0 Å². The fourth-order valence-corrected chi connectivity index (χ4v) is 5.78. The highest BCUT2D eigenvalue weighted by Gasteiger charge is 2.67. The lowest BCUT2D eigenvalue weighted by atomic mass is 9.48. The lowest BCUT2D eigenvalue weighted by Crippen LogP contribution is -2.59. The Kier molecular flexibility index (Phi) is 2.51. The molecule has 0 radical (unpaired) electrons. The van der Waals surface area contributed by atoms with Crippen LogP contribution in [0, 0.1) is 22.2 Å². The maximum absolute atomic E-state index is 10.6. The Bertz CT molecular complexity index is 367. The summed E-state index contributed by atoms with van der Waals surface area (Å²) in [5, 5.41) is 31.4. The molecule has 3 saturated carbocycles. The number of rotatable bonds is 0. The van der Waals surface area contributed by atoms with E-state index < -0.39 is 0 Å². The Morgan fingerprint density at radius 2 is 1.61 bits per heavy atom. The first-order chi connectivity index (χ1) is 8.21. The molecule has 0 amide bonds. The summed E-state index contributed by atoms with van der Waals surface area (Å²) in [7, 11) is 0. The van der Waals surface area contributed by atoms with Gasteiger partial charge in [0.05, 0.1) is 18.3 Å². The maximum atomic E-state index is 10.6. The van der Waals surface area contributed by atoms with Gasteiger partial charge in [-0.15, -0.1) is 0 Å². The van der Waals surface area contributed by atoms with Crippen LogP contribution in [0.1, 0.15) is 52.9 Å². The Morgan fingerprint density at radius 1 is 0.944 bits per heavy atom. The minimum absolute atomic E-state index is 0.00244. The molecule has 3 rings (SSSR count). The summed E-state index contributed by atoms with van der Waals surface area (Å²) in [6.07, 6.45) is 2.92. The molecule has 0 aromatic carbocycles. The maximum Gasteiger partial charge on any atom is 0.0605 e. The van der Waals surface area contributed by atoms with Crippen molar-refractivity contribution in [2.24, 2.45) is 22.2 Å². The van der Waals surface area contributed by atoms with Crippen LogP contribution in [0.3, 0.4) is 0 Å². The van der Waals surface area contributed by atoms with Crippen LogP contribution in [0.4, 0.5) is 0 Å². The molecule has 0 aromatic rings. The molecule has 3 nitrogen and oxygen atoms in total. The molecule has 3 aliphatic rings. The van der Waals surface area contributed by atoms with E-state index in [1.165, 1.54) is 0 Å². The molecule has 3 N–H and O–H groups in total. The van der Waals surface area contributed by atoms with Gasteiger partial charge >= 0.3 is 0 Å². The topological polar surface area (TPSA) is 60.7 Å². The minimum Gasteiger partial charge on any atom is -0.393 e. The van der Waals surface area contributed by atoms with Crippen molar-refractivity contribution in [3.63, 3.8) is 0 Å². The van der Waals surface area contributed by atoms with Crippen LogP contribution in [0.2, 0.25) is 0 Å². The van der Waals surface area contributed by atoms with Crippen molar-refractivity contribution in [2.75, 3.05) is 0 Å². The zero-order chi connectivity index (χ0) is 13.3. The van der Waals surface area contributed by atoms with E-state index in [-0.39, 0.29) is 40.5 Å². The molecule has 104 valence electrons. The highest BCUT2D eigenvalue weighted by atomic mass is 16.3. The first kappa shape index (κ1) is 12.9. The van der Waals surface area contributed by atoms with Crippen molar-refractivity contribution in [2.45, 2.75) is 71.2 Å². The van der Waals surface area contributed by atoms with E-state index in [9.17, 15) is 15.3 Å². The van der Waals surface area contributed by atoms with E-state index in [1.807, 2.05) is 0 Å². The third kappa shape index (κ3) is 1.41. The normalized spacial score (nSPS) is 58.3. The molecule has 0 unspecified atom stereocenters. The van der Waals surface area contributed by atoms with Crippen LogP contribution in [-0.4, -0.2) is 33.6 Å². The fraction of sp³-hybridized carbons (Fsp3) is 1.00. The van der Waals surface area contributed by atoms with Gasteiger partial charge in [0.15, 0.2) is 0 Å². The van der Waals surface area contributed by atoms with E-state index >= 15 is 0 Å². The van der Waals surface area contributed by atoms with E-state index in [2.05, 4.69) is 20.8 Å². The zero-order valence-corrected chi connectivity index (χ0v) is 11.7. The van der Waals surface area contributed by atoms with Crippen molar-refractivity contribution in [3.05, 3.63) is 0 Å². The number of hydrogen-bond donors (Lipinski definition) is 3. The highest BCUT2D eigenvalue weighted by molar-refractivity contribution is 5.16. The highest BCUT2D eigenvalue weighted by Crippen LogP contribution is 2.68. The fourth-order valence-electron chi connectivity index (χ4n) is 5.78. The number of hydrogen-bond acceptors (Lipinski definition) is 3. The lowest BCUT2D eigenvalue weighted by molar-refractivity contribution is -0.186. The summed E-state index contributed by atoms with van der Waals surface area (Å²) in [4.78, 5) is 0. The van der Waals surface area contributed by atoms with Crippen LogP contribution in [0.5, 0.6) is 0 Å². The summed E-state index contributed by atoms with van der Waals surface area (Å²) in [5.41, 5.74) is -0.368. The van der Waals surface area contributed by atoms with E-state index in [1.54, 1.807) is 0 Å². The van der Waals surface area contributed by atoms with Gasteiger partial charge in [-0.2, -0.15) is 0 Å². The minimum atomic E-state index is -0.383. The van der Waals surface area contributed by atoms with Gasteiger partial charge in [0.25, 0.3) is 0 Å². The Balaban J connectivity index is 2.06. The number of aliphatic hydroxyl groups is 3. The van der Waals surface area contributed by atoms with E-state index in [0.29, 0.717) is 6.42 Å². The SMILES string of the molecule is CC1(C)C[C@H](O)[C@]23CC[C@H](O)[C@](C)(C[C@H](O)[C@@H]12)C3. The van der Waals surface area contributed by atoms with Crippen LogP contribution in [0.15, 0.2) is 0 Å². The van der Waals surface area contributed by atoms with Crippen molar-refractivity contribution >= 4 is 0 Å². The second kappa shape index (κ2) is 3.50. The smallest absolute Gasteiger partial charge is 0.0605 e. The van der Waals surface area contributed by atoms with Gasteiger partial charge in [0.2, 0.25) is 0 Å². The largest absolute Gasteiger partial charge is 0.393 e. The van der Waals surface area contributed by atoms with Crippen molar-refractivity contribution in [1.29, 1.82) is 0 Å². The first-order valence-electron chi connectivity index (χ1n) is 7.26. The molecule has 3 fully saturated rings. The third-order valence-electron chi connectivity index (χ3n) is 6.33. The molecule has 2 bridgehead atoms. The van der Waals surface area contributed by atoms with Gasteiger partial charge in [-0.3, -0.25) is 0 Å². The van der Waals surface area contributed by atoms with E-state index in [0.717, 1.165) is 25.7 Å². The molecule has 3 aliphatic carbocycles. The second-order valence-electron chi connectivity index (χ2n) is 8.08. The van der Waals surface area contributed by atoms with Crippen molar-refractivity contribution in [3.8, 4) is 0 Å². The Hall–Kier alpha value is -0.120. The van der Waals surface area contributed by atoms with Gasteiger partial charge in [-0.1, -0.05) is 20.8 Å². The molecule has 6 atom stereocenters. The average molecular weight is 254 g/mol. The molecule has 0 aromatic heterocycles. The van der Waals surface area contributed by atoms with Gasteiger partial charge in [-0.25, -0.2) is 0 Å². The molecule has 0 heterocycles. The summed E-state index contributed by atoms with van der Waals surface area (Å²) < 4.78 is 0. The quantitative estimate of drug-likeness (QED) is 0.616. The van der Waals surface area contributed by atoms with Crippen LogP contribution in [-0.2, 0) is 0 Å². The Morgan fingerprint density at radius 3 is 2.28 bits per heavy atom. The van der Waals surface area contributed by atoms with E-state index in [4.69, 9.17) is 0 Å². The molecule has 0 saturated heterocycles. The monoisotopic (exact) mass is 254 g/mol. The molecular formula is C15H26O3. The average Bonchev–Trinajstić information content (AvgIpc) is 2.40. The van der Waals surface area contributed by atoms with Crippen molar-refractivity contribution in [1.82, 2.24) is 0 Å². The van der Waals surface area contributed by atoms with Crippen molar-refractivity contribution < 1.29 is 15.3 Å². The predicted molar refractivity (Wildman–Crippen MR) is 68.9 cm³/mol. The van der Waals surface area contributed by atoms with Gasteiger partial charge < -0.3 is 15.3 Å². The summed E-state index contributed by atoms with van der Waals surface area (Å²) in [6, 6.07) is 0. The molecule has 18 heavy (non-hydrogen) atoms. The number of aliphatic hydroxyl groups excluding tert-OH is 3. The third-order valence-corrected chi connectivity index (χ3v) is 6.33. The first-order valence-corrected chi connectivity index (χ1v) is 7.26. The lowest BCUT2D eigenvalue weighted by Gasteiger charge is -2.59. The van der Waals surface area contributed by atoms with Crippen LogP contribution >= 0.6 is 0 Å².